The highest BCUT2D eigenvalue weighted by Crippen LogP contribution is 2.47. The predicted octanol–water partition coefficient (Wildman–Crippen LogP) is 4.36. The molecular formula is C18H29NO3. The molecule has 1 aliphatic rings. The van der Waals surface area contributed by atoms with Crippen LogP contribution in [0.15, 0.2) is 12.3 Å². The zero-order valence-corrected chi connectivity index (χ0v) is 14.6. The first kappa shape index (κ1) is 17.1. The van der Waals surface area contributed by atoms with E-state index in [0.29, 0.717) is 12.4 Å². The SMILES string of the molecule is COCc1nccc(OC2(C(C)(C)C)CCCCC2)c1OC. The van der Waals surface area contributed by atoms with Crippen molar-refractivity contribution < 1.29 is 14.2 Å². The summed E-state index contributed by atoms with van der Waals surface area (Å²) >= 11 is 0. The topological polar surface area (TPSA) is 40.6 Å². The smallest absolute Gasteiger partial charge is 0.184 e. The van der Waals surface area contributed by atoms with Gasteiger partial charge in [-0.25, -0.2) is 0 Å². The summed E-state index contributed by atoms with van der Waals surface area (Å²) in [6, 6.07) is 1.90. The number of aromatic nitrogens is 1. The fourth-order valence-electron chi connectivity index (χ4n) is 3.35. The minimum atomic E-state index is -0.149. The molecule has 22 heavy (non-hydrogen) atoms. The van der Waals surface area contributed by atoms with Crippen molar-refractivity contribution in [1.82, 2.24) is 4.98 Å². The number of methoxy groups -OCH3 is 2. The molecule has 0 N–H and O–H groups in total. The molecule has 0 atom stereocenters. The third kappa shape index (κ3) is 3.37. The monoisotopic (exact) mass is 307 g/mol. The van der Waals surface area contributed by atoms with Gasteiger partial charge >= 0.3 is 0 Å². The van der Waals surface area contributed by atoms with Crippen molar-refractivity contribution in [1.29, 1.82) is 0 Å². The summed E-state index contributed by atoms with van der Waals surface area (Å²) in [6.07, 6.45) is 7.67. The zero-order valence-electron chi connectivity index (χ0n) is 14.6. The third-order valence-electron chi connectivity index (χ3n) is 4.76. The van der Waals surface area contributed by atoms with Gasteiger partial charge in [0.25, 0.3) is 0 Å². The normalized spacial score (nSPS) is 18.0. The number of ether oxygens (including phenoxy) is 3. The van der Waals surface area contributed by atoms with Crippen LogP contribution in [-0.4, -0.2) is 24.8 Å². The Kier molecular flexibility index (Phi) is 5.32. The highest BCUT2D eigenvalue weighted by atomic mass is 16.5. The molecule has 1 aliphatic carbocycles. The Hall–Kier alpha value is -1.29. The van der Waals surface area contributed by atoms with E-state index in [1.54, 1.807) is 20.4 Å². The van der Waals surface area contributed by atoms with E-state index in [2.05, 4.69) is 25.8 Å². The van der Waals surface area contributed by atoms with Crippen LogP contribution < -0.4 is 9.47 Å². The predicted molar refractivity (Wildman–Crippen MR) is 87.4 cm³/mol. The molecule has 0 aromatic carbocycles. The van der Waals surface area contributed by atoms with Crippen LogP contribution in [-0.2, 0) is 11.3 Å². The molecule has 1 fully saturated rings. The molecule has 4 nitrogen and oxygen atoms in total. The van der Waals surface area contributed by atoms with Gasteiger partial charge in [-0.1, -0.05) is 27.2 Å². The molecule has 124 valence electrons. The largest absolute Gasteiger partial charge is 0.491 e. The summed E-state index contributed by atoms with van der Waals surface area (Å²) in [5.74, 6) is 1.47. The van der Waals surface area contributed by atoms with E-state index >= 15 is 0 Å². The lowest BCUT2D eigenvalue weighted by molar-refractivity contribution is -0.0629. The van der Waals surface area contributed by atoms with Gasteiger partial charge in [0.1, 0.15) is 11.3 Å². The van der Waals surface area contributed by atoms with E-state index in [1.807, 2.05) is 6.07 Å². The summed E-state index contributed by atoms with van der Waals surface area (Å²) in [5.41, 5.74) is 0.704. The van der Waals surface area contributed by atoms with E-state index in [-0.39, 0.29) is 11.0 Å². The Labute approximate surface area is 134 Å². The minimum absolute atomic E-state index is 0.0725. The Bertz CT molecular complexity index is 488. The quantitative estimate of drug-likeness (QED) is 0.810. The maximum Gasteiger partial charge on any atom is 0.184 e. The van der Waals surface area contributed by atoms with Gasteiger partial charge in [0.2, 0.25) is 0 Å². The molecule has 0 radical (unpaired) electrons. The van der Waals surface area contributed by atoms with E-state index in [0.717, 1.165) is 24.3 Å². The minimum Gasteiger partial charge on any atom is -0.491 e. The Balaban J connectivity index is 2.36. The van der Waals surface area contributed by atoms with E-state index < -0.39 is 0 Å². The van der Waals surface area contributed by atoms with Crippen LogP contribution >= 0.6 is 0 Å². The van der Waals surface area contributed by atoms with Crippen LogP contribution in [0.5, 0.6) is 11.5 Å². The highest BCUT2D eigenvalue weighted by Gasteiger charge is 2.45. The molecule has 1 aromatic heterocycles. The summed E-state index contributed by atoms with van der Waals surface area (Å²) in [5, 5.41) is 0. The molecule has 2 rings (SSSR count). The second kappa shape index (κ2) is 6.86. The van der Waals surface area contributed by atoms with Gasteiger partial charge in [-0.15, -0.1) is 0 Å². The average Bonchev–Trinajstić information content (AvgIpc) is 2.48. The van der Waals surface area contributed by atoms with Gasteiger partial charge in [-0.2, -0.15) is 0 Å². The van der Waals surface area contributed by atoms with E-state index in [1.165, 1.54) is 19.3 Å². The maximum absolute atomic E-state index is 6.60. The Morgan fingerprint density at radius 3 is 2.36 bits per heavy atom. The summed E-state index contributed by atoms with van der Waals surface area (Å²) in [7, 11) is 3.32. The van der Waals surface area contributed by atoms with Crippen LogP contribution in [0.4, 0.5) is 0 Å². The molecule has 0 amide bonds. The van der Waals surface area contributed by atoms with Crippen LogP contribution in [0.3, 0.4) is 0 Å². The van der Waals surface area contributed by atoms with Gasteiger partial charge in [0.05, 0.1) is 13.7 Å². The zero-order chi connectivity index (χ0) is 16.2. The Morgan fingerprint density at radius 1 is 1.14 bits per heavy atom. The van der Waals surface area contributed by atoms with Crippen molar-refractivity contribution in [3.05, 3.63) is 18.0 Å². The third-order valence-corrected chi connectivity index (χ3v) is 4.76. The average molecular weight is 307 g/mol. The molecular weight excluding hydrogens is 278 g/mol. The van der Waals surface area contributed by atoms with Crippen molar-refractivity contribution in [2.45, 2.75) is 65.1 Å². The molecule has 1 heterocycles. The van der Waals surface area contributed by atoms with E-state index in [4.69, 9.17) is 14.2 Å². The lowest BCUT2D eigenvalue weighted by Crippen LogP contribution is -2.49. The Morgan fingerprint density at radius 2 is 1.82 bits per heavy atom. The first-order chi connectivity index (χ1) is 10.4. The van der Waals surface area contributed by atoms with Crippen molar-refractivity contribution in [2.24, 2.45) is 5.41 Å². The van der Waals surface area contributed by atoms with Crippen molar-refractivity contribution in [2.75, 3.05) is 14.2 Å². The van der Waals surface area contributed by atoms with Crippen LogP contribution in [0.1, 0.15) is 58.6 Å². The fourth-order valence-corrected chi connectivity index (χ4v) is 3.35. The summed E-state index contributed by atoms with van der Waals surface area (Å²) in [4.78, 5) is 4.35. The highest BCUT2D eigenvalue weighted by molar-refractivity contribution is 5.43. The number of nitrogens with zero attached hydrogens (tertiary/aromatic N) is 1. The standard InChI is InChI=1S/C18H29NO3/c1-17(2,3)18(10-7-6-8-11-18)22-15-9-12-19-14(13-20-4)16(15)21-5/h9,12H,6-8,10-11,13H2,1-5H3. The second-order valence-electron chi connectivity index (χ2n) is 7.13. The lowest BCUT2D eigenvalue weighted by Gasteiger charge is -2.47. The molecule has 0 spiro atoms. The molecule has 0 aliphatic heterocycles. The number of pyridine rings is 1. The van der Waals surface area contributed by atoms with Crippen molar-refractivity contribution in [3.63, 3.8) is 0 Å². The van der Waals surface area contributed by atoms with Crippen molar-refractivity contribution >= 4 is 0 Å². The van der Waals surface area contributed by atoms with Gasteiger partial charge in [-0.3, -0.25) is 4.98 Å². The molecule has 1 saturated carbocycles. The number of rotatable bonds is 5. The van der Waals surface area contributed by atoms with Crippen LogP contribution in [0.25, 0.3) is 0 Å². The van der Waals surface area contributed by atoms with Crippen molar-refractivity contribution in [3.8, 4) is 11.5 Å². The summed E-state index contributed by atoms with van der Waals surface area (Å²) < 4.78 is 17.4. The van der Waals surface area contributed by atoms with Crippen LogP contribution in [0.2, 0.25) is 0 Å². The first-order valence-electron chi connectivity index (χ1n) is 8.13. The molecule has 0 unspecified atom stereocenters. The molecule has 0 bridgehead atoms. The fraction of sp³-hybridized carbons (Fsp3) is 0.722. The first-order valence-corrected chi connectivity index (χ1v) is 8.13. The summed E-state index contributed by atoms with van der Waals surface area (Å²) in [6.45, 7) is 7.22. The van der Waals surface area contributed by atoms with Gasteiger partial charge in [0.15, 0.2) is 11.5 Å². The van der Waals surface area contributed by atoms with E-state index in [9.17, 15) is 0 Å². The van der Waals surface area contributed by atoms with Gasteiger partial charge in [0, 0.05) is 24.8 Å². The second-order valence-corrected chi connectivity index (χ2v) is 7.13. The number of hydrogen-bond acceptors (Lipinski definition) is 4. The maximum atomic E-state index is 6.60. The number of hydrogen-bond donors (Lipinski definition) is 0. The molecule has 1 aromatic rings. The molecule has 4 heteroatoms. The van der Waals surface area contributed by atoms with Gasteiger partial charge in [-0.05, 0) is 25.7 Å². The molecule has 0 saturated heterocycles. The van der Waals surface area contributed by atoms with Crippen LogP contribution in [0, 0.1) is 5.41 Å². The van der Waals surface area contributed by atoms with Gasteiger partial charge < -0.3 is 14.2 Å². The lowest BCUT2D eigenvalue weighted by atomic mass is 9.68.